The Balaban J connectivity index is 2.02. The highest BCUT2D eigenvalue weighted by Gasteiger charge is 2.11. The fraction of sp³-hybridized carbons (Fsp3) is 0.118. The molecule has 3 aromatic rings. The molecular weight excluding hydrogens is 404 g/mol. The highest BCUT2D eigenvalue weighted by Crippen LogP contribution is 2.33. The van der Waals surface area contributed by atoms with E-state index in [4.69, 9.17) is 17.0 Å². The first-order valence-corrected chi connectivity index (χ1v) is 8.72. The highest BCUT2D eigenvalue weighted by molar-refractivity contribution is 9.10. The van der Waals surface area contributed by atoms with Crippen LogP contribution in [0.3, 0.4) is 0 Å². The standard InChI is InChI=1S/C17H15BrN4O2S/c1-2-24-14-9-13(18)8-12(15(14)23)10-19-22-16(20-21-17(22)25)11-6-4-3-5-7-11/h3-10,23H,2H2,1H3,(H,21,25)/b19-10+. The zero-order valence-corrected chi connectivity index (χ0v) is 15.7. The number of phenols is 1. The zero-order valence-electron chi connectivity index (χ0n) is 13.3. The molecule has 8 heteroatoms. The van der Waals surface area contributed by atoms with Crippen LogP contribution in [0.1, 0.15) is 12.5 Å². The molecule has 25 heavy (non-hydrogen) atoms. The first kappa shape index (κ1) is 17.4. The zero-order chi connectivity index (χ0) is 17.8. The van der Waals surface area contributed by atoms with Crippen molar-refractivity contribution < 1.29 is 9.84 Å². The maximum absolute atomic E-state index is 10.3. The van der Waals surface area contributed by atoms with Gasteiger partial charge in [0.15, 0.2) is 17.3 Å². The van der Waals surface area contributed by atoms with Crippen molar-refractivity contribution in [2.75, 3.05) is 6.61 Å². The Morgan fingerprint density at radius 3 is 2.84 bits per heavy atom. The van der Waals surface area contributed by atoms with Crippen LogP contribution in [-0.4, -0.2) is 32.8 Å². The molecule has 2 N–H and O–H groups in total. The van der Waals surface area contributed by atoms with Crippen molar-refractivity contribution in [1.82, 2.24) is 14.9 Å². The lowest BCUT2D eigenvalue weighted by molar-refractivity contribution is 0.317. The van der Waals surface area contributed by atoms with E-state index in [1.807, 2.05) is 37.3 Å². The van der Waals surface area contributed by atoms with Gasteiger partial charge in [-0.25, -0.2) is 5.10 Å². The lowest BCUT2D eigenvalue weighted by Crippen LogP contribution is -1.97. The third kappa shape index (κ3) is 3.80. The Morgan fingerprint density at radius 2 is 2.12 bits per heavy atom. The van der Waals surface area contributed by atoms with Crippen molar-refractivity contribution in [2.24, 2.45) is 5.10 Å². The minimum Gasteiger partial charge on any atom is -0.504 e. The molecule has 0 aliphatic rings. The highest BCUT2D eigenvalue weighted by atomic mass is 79.9. The smallest absolute Gasteiger partial charge is 0.216 e. The first-order chi connectivity index (χ1) is 12.1. The largest absolute Gasteiger partial charge is 0.504 e. The van der Waals surface area contributed by atoms with Crippen LogP contribution in [0.4, 0.5) is 0 Å². The molecular formula is C17H15BrN4O2S. The Bertz CT molecular complexity index is 967. The van der Waals surface area contributed by atoms with Crippen molar-refractivity contribution in [3.8, 4) is 22.9 Å². The van der Waals surface area contributed by atoms with E-state index in [2.05, 4.69) is 31.2 Å². The minimum absolute atomic E-state index is 0.0186. The molecule has 0 amide bonds. The number of nitrogens with one attached hydrogen (secondary N) is 1. The molecule has 6 nitrogen and oxygen atoms in total. The molecule has 0 fully saturated rings. The molecule has 0 saturated heterocycles. The number of hydrogen-bond donors (Lipinski definition) is 2. The van der Waals surface area contributed by atoms with Gasteiger partial charge in [0.05, 0.1) is 12.8 Å². The van der Waals surface area contributed by atoms with E-state index >= 15 is 0 Å². The van der Waals surface area contributed by atoms with E-state index in [-0.39, 0.29) is 5.75 Å². The first-order valence-electron chi connectivity index (χ1n) is 7.52. The van der Waals surface area contributed by atoms with Crippen molar-refractivity contribution in [1.29, 1.82) is 0 Å². The lowest BCUT2D eigenvalue weighted by atomic mass is 10.2. The number of aromatic nitrogens is 3. The number of aromatic amines is 1. The van der Waals surface area contributed by atoms with Crippen LogP contribution in [0.2, 0.25) is 0 Å². The molecule has 0 spiro atoms. The van der Waals surface area contributed by atoms with E-state index < -0.39 is 0 Å². The van der Waals surface area contributed by atoms with Gasteiger partial charge in [-0.15, -0.1) is 0 Å². The van der Waals surface area contributed by atoms with Gasteiger partial charge in [-0.3, -0.25) is 0 Å². The van der Waals surface area contributed by atoms with Crippen molar-refractivity contribution in [3.05, 3.63) is 57.3 Å². The van der Waals surface area contributed by atoms with Crippen LogP contribution in [0.25, 0.3) is 11.4 Å². The maximum atomic E-state index is 10.3. The predicted molar refractivity (Wildman–Crippen MR) is 103 cm³/mol. The van der Waals surface area contributed by atoms with E-state index in [0.717, 1.165) is 10.0 Å². The van der Waals surface area contributed by atoms with Crippen molar-refractivity contribution in [2.45, 2.75) is 6.92 Å². The molecule has 3 rings (SSSR count). The quantitative estimate of drug-likeness (QED) is 0.476. The number of rotatable bonds is 5. The van der Waals surface area contributed by atoms with Gasteiger partial charge in [0.1, 0.15) is 0 Å². The molecule has 0 aliphatic heterocycles. The lowest BCUT2D eigenvalue weighted by Gasteiger charge is -2.08. The summed E-state index contributed by atoms with van der Waals surface area (Å²) in [5, 5.41) is 21.7. The van der Waals surface area contributed by atoms with Crippen LogP contribution >= 0.6 is 28.1 Å². The molecule has 0 saturated carbocycles. The molecule has 0 atom stereocenters. The molecule has 1 heterocycles. The van der Waals surface area contributed by atoms with Crippen LogP contribution < -0.4 is 4.74 Å². The molecule has 128 valence electrons. The maximum Gasteiger partial charge on any atom is 0.216 e. The van der Waals surface area contributed by atoms with Gasteiger partial charge < -0.3 is 9.84 Å². The SMILES string of the molecule is CCOc1cc(Br)cc(/C=N/n2c(-c3ccccc3)n[nH]c2=S)c1O. The van der Waals surface area contributed by atoms with Gasteiger partial charge in [-0.05, 0) is 31.3 Å². The summed E-state index contributed by atoms with van der Waals surface area (Å²) in [4.78, 5) is 0. The van der Waals surface area contributed by atoms with Gasteiger partial charge in [0.25, 0.3) is 0 Å². The summed E-state index contributed by atoms with van der Waals surface area (Å²) in [6.45, 7) is 2.30. The van der Waals surface area contributed by atoms with Crippen LogP contribution in [0, 0.1) is 4.77 Å². The van der Waals surface area contributed by atoms with Gasteiger partial charge in [-0.2, -0.15) is 14.9 Å². The second kappa shape index (κ2) is 7.62. The van der Waals surface area contributed by atoms with Gasteiger partial charge in [-0.1, -0.05) is 46.3 Å². The number of halogens is 1. The second-order valence-electron chi connectivity index (χ2n) is 5.05. The number of aromatic hydroxyl groups is 1. The fourth-order valence-corrected chi connectivity index (χ4v) is 2.88. The number of benzene rings is 2. The van der Waals surface area contributed by atoms with Crippen LogP contribution in [0.5, 0.6) is 11.5 Å². The van der Waals surface area contributed by atoms with Gasteiger partial charge in [0.2, 0.25) is 4.77 Å². The summed E-state index contributed by atoms with van der Waals surface area (Å²) < 4.78 is 8.06. The van der Waals surface area contributed by atoms with Crippen LogP contribution in [-0.2, 0) is 0 Å². The molecule has 0 aliphatic carbocycles. The molecule has 2 aromatic carbocycles. The normalized spacial score (nSPS) is 11.1. The van der Waals surface area contributed by atoms with Crippen LogP contribution in [0.15, 0.2) is 52.0 Å². The third-order valence-corrected chi connectivity index (χ3v) is 4.09. The number of hydrogen-bond acceptors (Lipinski definition) is 5. The summed E-state index contributed by atoms with van der Waals surface area (Å²) in [5.41, 5.74) is 1.38. The van der Waals surface area contributed by atoms with E-state index in [1.54, 1.807) is 12.1 Å². The number of nitrogens with zero attached hydrogens (tertiary/aromatic N) is 3. The number of H-pyrrole nitrogens is 1. The molecule has 1 aromatic heterocycles. The Labute approximate surface area is 157 Å². The number of phenolic OH excluding ortho intramolecular Hbond substituents is 1. The summed E-state index contributed by atoms with van der Waals surface area (Å²) in [6, 6.07) is 13.0. The summed E-state index contributed by atoms with van der Waals surface area (Å²) in [6.07, 6.45) is 1.51. The Morgan fingerprint density at radius 1 is 1.36 bits per heavy atom. The summed E-state index contributed by atoms with van der Waals surface area (Å²) >= 11 is 8.65. The van der Waals surface area contributed by atoms with Gasteiger partial charge >= 0.3 is 0 Å². The Kier molecular flexibility index (Phi) is 5.30. The predicted octanol–water partition coefficient (Wildman–Crippen LogP) is 4.36. The summed E-state index contributed by atoms with van der Waals surface area (Å²) in [7, 11) is 0. The third-order valence-electron chi connectivity index (χ3n) is 3.36. The second-order valence-corrected chi connectivity index (χ2v) is 6.35. The molecule has 0 radical (unpaired) electrons. The molecule has 0 bridgehead atoms. The summed E-state index contributed by atoms with van der Waals surface area (Å²) in [5.74, 6) is 0.990. The van der Waals surface area contributed by atoms with Gasteiger partial charge in [0, 0.05) is 15.6 Å². The van der Waals surface area contributed by atoms with E-state index in [1.165, 1.54) is 10.9 Å². The average molecular weight is 419 g/mol. The average Bonchev–Trinajstić information content (AvgIpc) is 2.98. The van der Waals surface area contributed by atoms with Crippen molar-refractivity contribution in [3.63, 3.8) is 0 Å². The minimum atomic E-state index is 0.0186. The van der Waals surface area contributed by atoms with Crippen molar-refractivity contribution >= 4 is 34.4 Å². The fourth-order valence-electron chi connectivity index (χ4n) is 2.25. The Hall–Kier alpha value is -2.45. The number of ether oxygens (including phenoxy) is 1. The van der Waals surface area contributed by atoms with E-state index in [9.17, 15) is 5.11 Å². The topological polar surface area (TPSA) is 75.4 Å². The monoisotopic (exact) mass is 418 g/mol. The molecule has 0 unspecified atom stereocenters. The van der Waals surface area contributed by atoms with E-state index in [0.29, 0.717) is 28.5 Å².